The molecule has 5 nitrogen and oxygen atoms in total. The Kier molecular flexibility index (Phi) is 5.88. The van der Waals surface area contributed by atoms with E-state index in [1.54, 1.807) is 6.92 Å². The average Bonchev–Trinajstić information content (AvgIpc) is 2.38. The van der Waals surface area contributed by atoms with Gasteiger partial charge in [-0.3, -0.25) is 5.06 Å². The van der Waals surface area contributed by atoms with Crippen LogP contribution in [-0.4, -0.2) is 34.7 Å². The number of hydrogen-bond donors (Lipinski definition) is 2. The molecule has 2 unspecified atom stereocenters. The van der Waals surface area contributed by atoms with Gasteiger partial charge in [0.1, 0.15) is 0 Å². The van der Waals surface area contributed by atoms with Crippen LogP contribution in [0.5, 0.6) is 0 Å². The van der Waals surface area contributed by atoms with Crippen molar-refractivity contribution in [3.05, 3.63) is 30.1 Å². The van der Waals surface area contributed by atoms with Crippen LogP contribution >= 0.6 is 0 Å². The van der Waals surface area contributed by atoms with Crippen molar-refractivity contribution in [3.8, 4) is 0 Å². The number of likely N-dealkylation sites (tertiary alicyclic amines) is 1. The van der Waals surface area contributed by atoms with Crippen molar-refractivity contribution in [1.29, 1.82) is 0 Å². The third kappa shape index (κ3) is 4.16. The highest BCUT2D eigenvalue weighted by Crippen LogP contribution is 2.17. The maximum Gasteiger partial charge on any atom is 0.512 e. The zero-order valence-electron chi connectivity index (χ0n) is 10.8. The number of rotatable bonds is 5. The number of nitrogens with one attached hydrogen (secondary N) is 1. The van der Waals surface area contributed by atoms with Crippen molar-refractivity contribution < 1.29 is 15.0 Å². The maximum atomic E-state index is 11.2. The molecule has 0 aromatic heterocycles. The molecule has 1 saturated heterocycles. The molecule has 0 aromatic carbocycles. The summed E-state index contributed by atoms with van der Waals surface area (Å²) in [4.78, 5) is 12.7. The predicted octanol–water partition coefficient (Wildman–Crippen LogP) is 1.38. The van der Waals surface area contributed by atoms with Crippen LogP contribution in [0.15, 0.2) is 24.9 Å². The number of hydrogen-bond acceptors (Lipinski definition) is 3. The Bertz CT molecular complexity index is 317. The molecular weight excluding hydrogens is 232 g/mol. The summed E-state index contributed by atoms with van der Waals surface area (Å²) in [6, 6.07) is -0.105. The summed E-state index contributed by atoms with van der Waals surface area (Å²) < 4.78 is 0. The van der Waals surface area contributed by atoms with Crippen LogP contribution < -0.4 is 5.06 Å². The smallest absolute Gasteiger partial charge is 0.512 e. The molecule has 0 radical (unpaired) electrons. The molecule has 0 aromatic rings. The zero-order chi connectivity index (χ0) is 13.5. The highest BCUT2D eigenvalue weighted by molar-refractivity contribution is 5.54. The van der Waals surface area contributed by atoms with Gasteiger partial charge < -0.3 is 15.2 Å². The summed E-state index contributed by atoms with van der Waals surface area (Å²) >= 11 is 0. The van der Waals surface area contributed by atoms with Gasteiger partial charge >= 0.3 is 6.09 Å². The van der Waals surface area contributed by atoms with Gasteiger partial charge in [-0.2, -0.15) is 4.79 Å². The summed E-state index contributed by atoms with van der Waals surface area (Å²) in [6.07, 6.45) is 8.40. The van der Waals surface area contributed by atoms with Crippen LogP contribution in [0.25, 0.3) is 0 Å². The van der Waals surface area contributed by atoms with Gasteiger partial charge in [-0.1, -0.05) is 12.2 Å². The summed E-state index contributed by atoms with van der Waals surface area (Å²) in [5.74, 6) is 0. The number of piperidine rings is 1. The Balaban J connectivity index is 2.43. The van der Waals surface area contributed by atoms with Crippen molar-refractivity contribution >= 4 is 6.09 Å². The minimum atomic E-state index is -1.35. The van der Waals surface area contributed by atoms with Crippen molar-refractivity contribution in [2.75, 3.05) is 6.54 Å². The fraction of sp³-hybridized carbons (Fsp3) is 0.615. The first kappa shape index (κ1) is 14.7. The topological polar surface area (TPSA) is 68.0 Å². The SMILES string of the molecule is C=C[C@H]1CCCCN1C=CCC(C)[NH+]([O-])C(=O)O. The Hall–Kier alpha value is -1.33. The second-order valence-corrected chi connectivity index (χ2v) is 4.73. The van der Waals surface area contributed by atoms with Gasteiger partial charge in [0.15, 0.2) is 0 Å². The molecule has 102 valence electrons. The average molecular weight is 254 g/mol. The molecular formula is C13H22N2O3. The van der Waals surface area contributed by atoms with E-state index in [4.69, 9.17) is 5.11 Å². The molecule has 0 spiro atoms. The molecule has 1 heterocycles. The minimum absolute atomic E-state index is 0.362. The van der Waals surface area contributed by atoms with Crippen molar-refractivity contribution in [2.24, 2.45) is 0 Å². The number of quaternary nitrogens is 1. The number of nitrogens with zero attached hydrogens (tertiary/aromatic N) is 1. The third-order valence-electron chi connectivity index (χ3n) is 3.31. The monoisotopic (exact) mass is 254 g/mol. The fourth-order valence-electron chi connectivity index (χ4n) is 2.14. The quantitative estimate of drug-likeness (QED) is 0.574. The normalized spacial score (nSPS) is 23.9. The zero-order valence-corrected chi connectivity index (χ0v) is 10.8. The molecule has 2 N–H and O–H groups in total. The maximum absolute atomic E-state index is 11.2. The van der Waals surface area contributed by atoms with E-state index in [0.29, 0.717) is 12.5 Å². The van der Waals surface area contributed by atoms with E-state index in [1.165, 1.54) is 6.42 Å². The fourth-order valence-corrected chi connectivity index (χ4v) is 2.14. The number of amides is 1. The summed E-state index contributed by atoms with van der Waals surface area (Å²) in [5, 5.41) is 19.0. The second-order valence-electron chi connectivity index (χ2n) is 4.73. The van der Waals surface area contributed by atoms with E-state index >= 15 is 0 Å². The van der Waals surface area contributed by atoms with Crippen molar-refractivity contribution in [2.45, 2.75) is 44.7 Å². The Labute approximate surface area is 108 Å². The molecule has 1 rings (SSSR count). The van der Waals surface area contributed by atoms with Gasteiger partial charge in [0.05, 0.1) is 6.04 Å². The van der Waals surface area contributed by atoms with Crippen LogP contribution in [0.4, 0.5) is 4.79 Å². The highest BCUT2D eigenvalue weighted by Gasteiger charge is 2.17. The Morgan fingerprint density at radius 1 is 1.67 bits per heavy atom. The van der Waals surface area contributed by atoms with E-state index in [9.17, 15) is 10.0 Å². The number of carboxylic acid groups (broad SMARTS) is 1. The Morgan fingerprint density at radius 2 is 2.39 bits per heavy atom. The second kappa shape index (κ2) is 7.18. The Morgan fingerprint density at radius 3 is 3.00 bits per heavy atom. The molecule has 0 saturated carbocycles. The van der Waals surface area contributed by atoms with Gasteiger partial charge in [-0.25, -0.2) is 0 Å². The first-order chi connectivity index (χ1) is 8.56. The van der Waals surface area contributed by atoms with Crippen LogP contribution in [0.1, 0.15) is 32.6 Å². The first-order valence-corrected chi connectivity index (χ1v) is 6.38. The largest absolute Gasteiger partial charge is 0.624 e. The van der Waals surface area contributed by atoms with Crippen LogP contribution in [-0.2, 0) is 0 Å². The van der Waals surface area contributed by atoms with E-state index in [1.807, 2.05) is 18.4 Å². The van der Waals surface area contributed by atoms with Gasteiger partial charge in [0, 0.05) is 19.0 Å². The summed E-state index contributed by atoms with van der Waals surface area (Å²) in [7, 11) is 0. The lowest BCUT2D eigenvalue weighted by Gasteiger charge is -2.33. The molecule has 1 aliphatic rings. The minimum Gasteiger partial charge on any atom is -0.624 e. The van der Waals surface area contributed by atoms with Crippen LogP contribution in [0, 0.1) is 5.21 Å². The molecule has 0 bridgehead atoms. The summed E-state index contributed by atoms with van der Waals surface area (Å²) in [6.45, 7) is 6.46. The lowest BCUT2D eigenvalue weighted by molar-refractivity contribution is -0.795. The van der Waals surface area contributed by atoms with E-state index < -0.39 is 17.2 Å². The third-order valence-corrected chi connectivity index (χ3v) is 3.31. The molecule has 18 heavy (non-hydrogen) atoms. The van der Waals surface area contributed by atoms with Crippen molar-refractivity contribution in [3.63, 3.8) is 0 Å². The number of carbonyl (C=O) groups is 1. The van der Waals surface area contributed by atoms with E-state index in [2.05, 4.69) is 11.5 Å². The van der Waals surface area contributed by atoms with Gasteiger partial charge in [0.2, 0.25) is 0 Å². The molecule has 5 heteroatoms. The van der Waals surface area contributed by atoms with Crippen LogP contribution in [0.2, 0.25) is 0 Å². The van der Waals surface area contributed by atoms with Crippen LogP contribution in [0.3, 0.4) is 0 Å². The first-order valence-electron chi connectivity index (χ1n) is 6.38. The lowest BCUT2D eigenvalue weighted by atomic mass is 10.0. The standard InChI is InChI=1S/C13H22N2O3/c1-3-12-8-4-5-9-14(12)10-6-7-11(2)15(18)13(16)17/h3,6,10-12,15H,1,4-5,7-9H2,2H3,(H,16,17)/t11?,12-/m0/s1. The van der Waals surface area contributed by atoms with Gasteiger partial charge in [-0.15, -0.1) is 6.58 Å². The van der Waals surface area contributed by atoms with Crippen molar-refractivity contribution in [1.82, 2.24) is 4.90 Å². The molecule has 1 aliphatic heterocycles. The highest BCUT2D eigenvalue weighted by atomic mass is 16.6. The molecule has 1 fully saturated rings. The molecule has 0 aliphatic carbocycles. The van der Waals surface area contributed by atoms with Gasteiger partial charge in [0.25, 0.3) is 0 Å². The van der Waals surface area contributed by atoms with Gasteiger partial charge in [-0.05, 0) is 32.4 Å². The lowest BCUT2D eigenvalue weighted by Crippen LogP contribution is -3.13. The predicted molar refractivity (Wildman–Crippen MR) is 70.1 cm³/mol. The molecule has 3 atom stereocenters. The number of hydroxylamine groups is 2. The molecule has 1 amide bonds. The summed E-state index contributed by atoms with van der Waals surface area (Å²) in [5.41, 5.74) is 0. The van der Waals surface area contributed by atoms with E-state index in [0.717, 1.165) is 19.4 Å². The van der Waals surface area contributed by atoms with E-state index in [-0.39, 0.29) is 0 Å².